The number of ether oxygens (including phenoxy) is 1. The lowest BCUT2D eigenvalue weighted by Gasteiger charge is -2.27. The molecule has 2 atom stereocenters. The molecule has 0 saturated carbocycles. The molecule has 2 unspecified atom stereocenters. The Labute approximate surface area is 114 Å². The SMILES string of the molecule is COc1ccccc1C1CCCN1C(=O)CC(C)N. The highest BCUT2D eigenvalue weighted by molar-refractivity contribution is 5.77. The van der Waals surface area contributed by atoms with E-state index in [1.807, 2.05) is 36.1 Å². The first-order valence-electron chi connectivity index (χ1n) is 6.81. The zero-order chi connectivity index (χ0) is 13.8. The molecule has 2 N–H and O–H groups in total. The van der Waals surface area contributed by atoms with Crippen LogP contribution < -0.4 is 10.5 Å². The van der Waals surface area contributed by atoms with Crippen LogP contribution in [0.25, 0.3) is 0 Å². The first kappa shape index (κ1) is 13.9. The van der Waals surface area contributed by atoms with Gasteiger partial charge in [0.05, 0.1) is 13.2 Å². The van der Waals surface area contributed by atoms with Crippen LogP contribution in [0.5, 0.6) is 5.75 Å². The molecule has 19 heavy (non-hydrogen) atoms. The summed E-state index contributed by atoms with van der Waals surface area (Å²) in [7, 11) is 1.67. The molecule has 1 heterocycles. The molecule has 2 rings (SSSR count). The molecule has 0 aromatic heterocycles. The van der Waals surface area contributed by atoms with Crippen molar-refractivity contribution in [3.8, 4) is 5.75 Å². The van der Waals surface area contributed by atoms with Crippen molar-refractivity contribution in [2.24, 2.45) is 5.73 Å². The van der Waals surface area contributed by atoms with Gasteiger partial charge in [-0.1, -0.05) is 18.2 Å². The van der Waals surface area contributed by atoms with E-state index in [0.29, 0.717) is 6.42 Å². The first-order chi connectivity index (χ1) is 9.13. The summed E-state index contributed by atoms with van der Waals surface area (Å²) in [6.45, 7) is 2.68. The molecule has 0 radical (unpaired) electrons. The van der Waals surface area contributed by atoms with Crippen molar-refractivity contribution in [2.45, 2.75) is 38.3 Å². The summed E-state index contributed by atoms with van der Waals surface area (Å²) in [5.41, 5.74) is 6.83. The highest BCUT2D eigenvalue weighted by Crippen LogP contribution is 2.37. The van der Waals surface area contributed by atoms with Crippen LogP contribution in [-0.2, 0) is 4.79 Å². The van der Waals surface area contributed by atoms with Gasteiger partial charge in [-0.15, -0.1) is 0 Å². The van der Waals surface area contributed by atoms with E-state index < -0.39 is 0 Å². The highest BCUT2D eigenvalue weighted by atomic mass is 16.5. The lowest BCUT2D eigenvalue weighted by atomic mass is 10.0. The number of methoxy groups -OCH3 is 1. The first-order valence-corrected chi connectivity index (χ1v) is 6.81. The Morgan fingerprint density at radius 1 is 1.53 bits per heavy atom. The number of carbonyl (C=O) groups excluding carboxylic acids is 1. The molecule has 1 aliphatic heterocycles. The molecular formula is C15H22N2O2. The van der Waals surface area contributed by atoms with Gasteiger partial charge in [0.2, 0.25) is 5.91 Å². The monoisotopic (exact) mass is 262 g/mol. The fraction of sp³-hybridized carbons (Fsp3) is 0.533. The van der Waals surface area contributed by atoms with Crippen molar-refractivity contribution in [2.75, 3.05) is 13.7 Å². The Hall–Kier alpha value is -1.55. The number of likely N-dealkylation sites (tertiary alicyclic amines) is 1. The van der Waals surface area contributed by atoms with Gasteiger partial charge in [0.1, 0.15) is 5.75 Å². The van der Waals surface area contributed by atoms with E-state index in [1.54, 1.807) is 7.11 Å². The molecular weight excluding hydrogens is 240 g/mol. The molecule has 1 fully saturated rings. The van der Waals surface area contributed by atoms with E-state index in [0.717, 1.165) is 30.7 Å². The number of carbonyl (C=O) groups is 1. The summed E-state index contributed by atoms with van der Waals surface area (Å²) in [5, 5.41) is 0. The Balaban J connectivity index is 2.20. The maximum absolute atomic E-state index is 12.2. The fourth-order valence-electron chi connectivity index (χ4n) is 2.72. The third kappa shape index (κ3) is 3.07. The van der Waals surface area contributed by atoms with E-state index in [4.69, 9.17) is 10.5 Å². The van der Waals surface area contributed by atoms with Crippen molar-refractivity contribution >= 4 is 5.91 Å². The van der Waals surface area contributed by atoms with Gasteiger partial charge < -0.3 is 15.4 Å². The number of para-hydroxylation sites is 1. The van der Waals surface area contributed by atoms with Crippen molar-refractivity contribution in [1.29, 1.82) is 0 Å². The molecule has 1 aromatic rings. The summed E-state index contributed by atoms with van der Waals surface area (Å²) in [5.74, 6) is 0.997. The molecule has 1 amide bonds. The second-order valence-corrected chi connectivity index (χ2v) is 5.17. The van der Waals surface area contributed by atoms with Crippen LogP contribution in [0.1, 0.15) is 37.8 Å². The van der Waals surface area contributed by atoms with Gasteiger partial charge in [-0.05, 0) is 25.8 Å². The van der Waals surface area contributed by atoms with Crippen molar-refractivity contribution in [3.05, 3.63) is 29.8 Å². The van der Waals surface area contributed by atoms with Crippen LogP contribution in [0.4, 0.5) is 0 Å². The van der Waals surface area contributed by atoms with Gasteiger partial charge >= 0.3 is 0 Å². The zero-order valence-electron chi connectivity index (χ0n) is 11.6. The summed E-state index contributed by atoms with van der Waals surface area (Å²) < 4.78 is 5.40. The number of hydrogen-bond donors (Lipinski definition) is 1. The minimum atomic E-state index is -0.0913. The number of hydrogen-bond acceptors (Lipinski definition) is 3. The molecule has 1 saturated heterocycles. The predicted molar refractivity (Wildman–Crippen MR) is 74.9 cm³/mol. The highest BCUT2D eigenvalue weighted by Gasteiger charge is 2.31. The lowest BCUT2D eigenvalue weighted by molar-refractivity contribution is -0.132. The van der Waals surface area contributed by atoms with Crippen molar-refractivity contribution in [1.82, 2.24) is 4.90 Å². The molecule has 4 nitrogen and oxygen atoms in total. The number of amides is 1. The van der Waals surface area contributed by atoms with Gasteiger partial charge in [0.15, 0.2) is 0 Å². The normalized spacial score (nSPS) is 20.4. The van der Waals surface area contributed by atoms with E-state index in [-0.39, 0.29) is 18.0 Å². The van der Waals surface area contributed by atoms with Crippen LogP contribution in [0.3, 0.4) is 0 Å². The quantitative estimate of drug-likeness (QED) is 0.904. The smallest absolute Gasteiger partial charge is 0.224 e. The fourth-order valence-corrected chi connectivity index (χ4v) is 2.72. The van der Waals surface area contributed by atoms with Crippen molar-refractivity contribution < 1.29 is 9.53 Å². The second-order valence-electron chi connectivity index (χ2n) is 5.17. The summed E-state index contributed by atoms with van der Waals surface area (Å²) in [6, 6.07) is 7.97. The number of rotatable bonds is 4. The van der Waals surface area contributed by atoms with Crippen LogP contribution in [0.2, 0.25) is 0 Å². The molecule has 0 aliphatic carbocycles. The third-order valence-electron chi connectivity index (χ3n) is 3.57. The lowest BCUT2D eigenvalue weighted by Crippen LogP contribution is -2.34. The predicted octanol–water partition coefficient (Wildman–Crippen LogP) is 2.10. The van der Waals surface area contributed by atoms with E-state index in [9.17, 15) is 4.79 Å². The van der Waals surface area contributed by atoms with Crippen LogP contribution >= 0.6 is 0 Å². The molecule has 1 aliphatic rings. The number of nitrogens with two attached hydrogens (primary N) is 1. The molecule has 104 valence electrons. The summed E-state index contributed by atoms with van der Waals surface area (Å²) in [4.78, 5) is 14.2. The standard InChI is InChI=1S/C15H22N2O2/c1-11(16)10-15(18)17-9-5-7-13(17)12-6-3-4-8-14(12)19-2/h3-4,6,8,11,13H,5,7,9-10,16H2,1-2H3. The Morgan fingerprint density at radius 3 is 2.95 bits per heavy atom. The average molecular weight is 262 g/mol. The van der Waals surface area contributed by atoms with Gasteiger partial charge in [0, 0.05) is 24.6 Å². The molecule has 1 aromatic carbocycles. The maximum Gasteiger partial charge on any atom is 0.224 e. The van der Waals surface area contributed by atoms with E-state index in [1.165, 1.54) is 0 Å². The van der Waals surface area contributed by atoms with Crippen molar-refractivity contribution in [3.63, 3.8) is 0 Å². The largest absolute Gasteiger partial charge is 0.496 e. The van der Waals surface area contributed by atoms with Crippen LogP contribution in [0.15, 0.2) is 24.3 Å². The van der Waals surface area contributed by atoms with E-state index >= 15 is 0 Å². The zero-order valence-corrected chi connectivity index (χ0v) is 11.6. The number of benzene rings is 1. The Kier molecular flexibility index (Phi) is 4.43. The Morgan fingerprint density at radius 2 is 2.26 bits per heavy atom. The van der Waals surface area contributed by atoms with Gasteiger partial charge in [-0.3, -0.25) is 4.79 Å². The average Bonchev–Trinajstić information content (AvgIpc) is 2.87. The summed E-state index contributed by atoms with van der Waals surface area (Å²) in [6.07, 6.45) is 2.43. The molecule has 4 heteroatoms. The van der Waals surface area contributed by atoms with E-state index in [2.05, 4.69) is 0 Å². The van der Waals surface area contributed by atoms with Crippen LogP contribution in [0, 0.1) is 0 Å². The topological polar surface area (TPSA) is 55.6 Å². The van der Waals surface area contributed by atoms with Crippen LogP contribution in [-0.4, -0.2) is 30.5 Å². The molecule has 0 spiro atoms. The minimum absolute atomic E-state index is 0.0913. The second kappa shape index (κ2) is 6.06. The summed E-state index contributed by atoms with van der Waals surface area (Å²) >= 11 is 0. The minimum Gasteiger partial charge on any atom is -0.496 e. The maximum atomic E-state index is 12.2. The van der Waals surface area contributed by atoms with Gasteiger partial charge in [-0.2, -0.15) is 0 Å². The third-order valence-corrected chi connectivity index (χ3v) is 3.57. The van der Waals surface area contributed by atoms with Gasteiger partial charge in [-0.25, -0.2) is 0 Å². The van der Waals surface area contributed by atoms with Gasteiger partial charge in [0.25, 0.3) is 0 Å². The molecule has 0 bridgehead atoms. The Bertz CT molecular complexity index is 446. The number of nitrogens with zero attached hydrogens (tertiary/aromatic N) is 1.